The third kappa shape index (κ3) is 3.56. The van der Waals surface area contributed by atoms with E-state index >= 15 is 0 Å². The number of imidazole rings is 1. The highest BCUT2D eigenvalue weighted by Gasteiger charge is 2.16. The number of carbonyl (C=O) groups excluding carboxylic acids is 1. The zero-order chi connectivity index (χ0) is 17.3. The van der Waals surface area contributed by atoms with Crippen LogP contribution in [0.25, 0.3) is 11.3 Å². The van der Waals surface area contributed by atoms with Crippen LogP contribution in [-0.2, 0) is 6.42 Å². The molecule has 0 amide bonds. The maximum absolute atomic E-state index is 12.5. The van der Waals surface area contributed by atoms with E-state index in [4.69, 9.17) is 40.5 Å². The number of carbonyl (C=O) groups is 1. The monoisotopic (exact) mass is 379 g/mol. The smallest absolute Gasteiger partial charge is 0.197 e. The second-order valence-corrected chi connectivity index (χ2v) is 6.47. The Morgan fingerprint density at radius 3 is 2.25 bits per heavy atom. The SMILES string of the molecule is Nc1ncc(-c2ccc(CC(=O)c3c(Cl)cc(Cl)cc3Cl)cc2)[nH]1. The second-order valence-electron chi connectivity index (χ2n) is 5.22. The zero-order valence-corrected chi connectivity index (χ0v) is 14.6. The molecule has 0 aliphatic heterocycles. The first-order valence-corrected chi connectivity index (χ1v) is 8.15. The molecule has 24 heavy (non-hydrogen) atoms. The Hall–Kier alpha value is -2.01. The van der Waals surface area contributed by atoms with Crippen molar-refractivity contribution in [2.24, 2.45) is 0 Å². The van der Waals surface area contributed by atoms with Crippen molar-refractivity contribution in [1.82, 2.24) is 9.97 Å². The second kappa shape index (κ2) is 6.85. The third-order valence-electron chi connectivity index (χ3n) is 3.51. The first kappa shape index (κ1) is 16.8. The van der Waals surface area contributed by atoms with Crippen molar-refractivity contribution in [3.05, 3.63) is 68.8 Å². The van der Waals surface area contributed by atoms with Crippen molar-refractivity contribution in [2.75, 3.05) is 5.73 Å². The quantitative estimate of drug-likeness (QED) is 0.622. The summed E-state index contributed by atoms with van der Waals surface area (Å²) in [5.41, 5.74) is 8.44. The van der Waals surface area contributed by atoms with E-state index < -0.39 is 0 Å². The van der Waals surface area contributed by atoms with Gasteiger partial charge in [0.25, 0.3) is 0 Å². The molecule has 2 aromatic carbocycles. The van der Waals surface area contributed by atoms with Crippen LogP contribution in [0.5, 0.6) is 0 Å². The lowest BCUT2D eigenvalue weighted by atomic mass is 10.0. The summed E-state index contributed by atoms with van der Waals surface area (Å²) in [6.45, 7) is 0. The third-order valence-corrected chi connectivity index (χ3v) is 4.33. The van der Waals surface area contributed by atoms with Gasteiger partial charge in [-0.15, -0.1) is 0 Å². The molecule has 4 nitrogen and oxygen atoms in total. The van der Waals surface area contributed by atoms with Crippen molar-refractivity contribution < 1.29 is 4.79 Å². The number of halogens is 3. The molecular weight excluding hydrogens is 369 g/mol. The van der Waals surface area contributed by atoms with E-state index in [0.717, 1.165) is 16.8 Å². The van der Waals surface area contributed by atoms with Gasteiger partial charge >= 0.3 is 0 Å². The predicted octanol–water partition coefficient (Wildman–Crippen LogP) is 5.04. The molecule has 0 radical (unpaired) electrons. The summed E-state index contributed by atoms with van der Waals surface area (Å²) in [6.07, 6.45) is 1.84. The van der Waals surface area contributed by atoms with Gasteiger partial charge < -0.3 is 10.7 Å². The number of nitrogens with zero attached hydrogens (tertiary/aromatic N) is 1. The lowest BCUT2D eigenvalue weighted by Crippen LogP contribution is -2.05. The first-order valence-electron chi connectivity index (χ1n) is 7.01. The number of hydrogen-bond donors (Lipinski definition) is 2. The Morgan fingerprint density at radius 1 is 1.08 bits per heavy atom. The fraction of sp³-hybridized carbons (Fsp3) is 0.0588. The number of hydrogen-bond acceptors (Lipinski definition) is 3. The molecule has 0 unspecified atom stereocenters. The number of aromatic amines is 1. The van der Waals surface area contributed by atoms with Crippen molar-refractivity contribution in [3.8, 4) is 11.3 Å². The average Bonchev–Trinajstić information content (AvgIpc) is 2.93. The number of H-pyrrole nitrogens is 1. The largest absolute Gasteiger partial charge is 0.369 e. The molecule has 7 heteroatoms. The van der Waals surface area contributed by atoms with Gasteiger partial charge in [-0.1, -0.05) is 59.1 Å². The van der Waals surface area contributed by atoms with E-state index in [9.17, 15) is 4.79 Å². The standard InChI is InChI=1S/C17H12Cl3N3O/c18-11-6-12(19)16(13(20)7-11)15(24)5-9-1-3-10(4-2-9)14-8-22-17(21)23-14/h1-4,6-8H,5H2,(H3,21,22,23). The molecule has 1 aromatic heterocycles. The molecule has 0 aliphatic rings. The van der Waals surface area contributed by atoms with Gasteiger partial charge in [-0.3, -0.25) is 4.79 Å². The molecular formula is C17H12Cl3N3O. The molecule has 0 fully saturated rings. The molecule has 0 bridgehead atoms. The number of aromatic nitrogens is 2. The van der Waals surface area contributed by atoms with E-state index in [-0.39, 0.29) is 27.8 Å². The maximum atomic E-state index is 12.5. The molecule has 1 heterocycles. The Labute approximate surface area is 153 Å². The number of anilines is 1. The minimum absolute atomic E-state index is 0.166. The van der Waals surface area contributed by atoms with Crippen LogP contribution in [0.3, 0.4) is 0 Å². The molecule has 0 aliphatic carbocycles. The lowest BCUT2D eigenvalue weighted by Gasteiger charge is -2.07. The summed E-state index contributed by atoms with van der Waals surface area (Å²) in [4.78, 5) is 19.4. The number of rotatable bonds is 4. The average molecular weight is 381 g/mol. The van der Waals surface area contributed by atoms with Crippen LogP contribution < -0.4 is 5.73 Å². The van der Waals surface area contributed by atoms with Crippen molar-refractivity contribution in [2.45, 2.75) is 6.42 Å². The number of Topliss-reactive ketones (excluding diaryl/α,β-unsaturated/α-hetero) is 1. The summed E-state index contributed by atoms with van der Waals surface area (Å²) in [5, 5.41) is 0.897. The lowest BCUT2D eigenvalue weighted by molar-refractivity contribution is 0.0993. The van der Waals surface area contributed by atoms with Crippen LogP contribution in [0.15, 0.2) is 42.6 Å². The van der Waals surface area contributed by atoms with Crippen molar-refractivity contribution >= 4 is 46.5 Å². The van der Waals surface area contributed by atoms with Crippen molar-refractivity contribution in [1.29, 1.82) is 0 Å². The highest BCUT2D eigenvalue weighted by molar-refractivity contribution is 6.42. The van der Waals surface area contributed by atoms with Gasteiger partial charge in [0, 0.05) is 11.4 Å². The zero-order valence-electron chi connectivity index (χ0n) is 12.3. The van der Waals surface area contributed by atoms with Crippen LogP contribution in [-0.4, -0.2) is 15.8 Å². The number of nitrogens with one attached hydrogen (secondary N) is 1. The molecule has 3 N–H and O–H groups in total. The predicted molar refractivity (Wildman–Crippen MR) is 97.9 cm³/mol. The highest BCUT2D eigenvalue weighted by Crippen LogP contribution is 2.30. The van der Waals surface area contributed by atoms with E-state index in [0.29, 0.717) is 11.0 Å². The van der Waals surface area contributed by atoms with E-state index in [1.54, 1.807) is 6.20 Å². The minimum atomic E-state index is -0.166. The summed E-state index contributed by atoms with van der Waals surface area (Å²) in [6, 6.07) is 10.5. The number of nitrogens with two attached hydrogens (primary N) is 1. The van der Waals surface area contributed by atoms with Gasteiger partial charge in [0.05, 0.1) is 27.5 Å². The molecule has 0 spiro atoms. The molecule has 0 saturated carbocycles. The Kier molecular flexibility index (Phi) is 4.81. The molecule has 3 rings (SSSR count). The van der Waals surface area contributed by atoms with E-state index in [1.807, 2.05) is 24.3 Å². The highest BCUT2D eigenvalue weighted by atomic mass is 35.5. The maximum Gasteiger partial charge on any atom is 0.197 e. The van der Waals surface area contributed by atoms with Crippen LogP contribution >= 0.6 is 34.8 Å². The fourth-order valence-electron chi connectivity index (χ4n) is 2.37. The summed E-state index contributed by atoms with van der Waals surface area (Å²) in [7, 11) is 0. The van der Waals surface area contributed by atoms with E-state index in [2.05, 4.69) is 9.97 Å². The molecule has 3 aromatic rings. The Bertz CT molecular complexity index is 881. The molecule has 0 saturated heterocycles. The summed E-state index contributed by atoms with van der Waals surface area (Å²) >= 11 is 18.0. The normalized spacial score (nSPS) is 10.8. The minimum Gasteiger partial charge on any atom is -0.369 e. The van der Waals surface area contributed by atoms with Gasteiger partial charge in [-0.2, -0.15) is 0 Å². The van der Waals surface area contributed by atoms with Gasteiger partial charge in [0.1, 0.15) is 0 Å². The van der Waals surface area contributed by atoms with Gasteiger partial charge in [-0.05, 0) is 23.3 Å². The van der Waals surface area contributed by atoms with E-state index in [1.165, 1.54) is 12.1 Å². The van der Waals surface area contributed by atoms with Gasteiger partial charge in [0.15, 0.2) is 11.7 Å². The molecule has 122 valence electrons. The molecule has 0 atom stereocenters. The van der Waals surface area contributed by atoms with Crippen molar-refractivity contribution in [3.63, 3.8) is 0 Å². The topological polar surface area (TPSA) is 71.8 Å². The van der Waals surface area contributed by atoms with Crippen LogP contribution in [0.2, 0.25) is 15.1 Å². The van der Waals surface area contributed by atoms with Crippen LogP contribution in [0, 0.1) is 0 Å². The first-order chi connectivity index (χ1) is 11.4. The van der Waals surface area contributed by atoms with Crippen LogP contribution in [0.1, 0.15) is 15.9 Å². The Balaban J connectivity index is 1.80. The van der Waals surface area contributed by atoms with Gasteiger partial charge in [-0.25, -0.2) is 4.98 Å². The fourth-order valence-corrected chi connectivity index (χ4v) is 3.40. The number of benzene rings is 2. The van der Waals surface area contributed by atoms with Gasteiger partial charge in [0.2, 0.25) is 0 Å². The Morgan fingerprint density at radius 2 is 1.71 bits per heavy atom. The summed E-state index contributed by atoms with van der Waals surface area (Å²) in [5.74, 6) is 0.191. The van der Waals surface area contributed by atoms with Crippen LogP contribution in [0.4, 0.5) is 5.95 Å². The number of nitrogen functional groups attached to an aromatic ring is 1. The summed E-state index contributed by atoms with van der Waals surface area (Å²) < 4.78 is 0. The number of ketones is 1.